The number of hydrogen-bond donors (Lipinski definition) is 3. The minimum absolute atomic E-state index is 0.140. The topological polar surface area (TPSA) is 128 Å². The van der Waals surface area contributed by atoms with Crippen LogP contribution >= 0.6 is 11.6 Å². The molecule has 162 valence electrons. The number of imidazole rings is 1. The second-order valence-electron chi connectivity index (χ2n) is 6.25. The second-order valence-corrected chi connectivity index (χ2v) is 6.61. The van der Waals surface area contributed by atoms with Gasteiger partial charge in [-0.2, -0.15) is 36.3 Å². The van der Waals surface area contributed by atoms with Crippen LogP contribution < -0.4 is 11.4 Å². The Morgan fingerprint density at radius 1 is 1.28 bits per heavy atom. The minimum Gasteiger partial charge on any atom is -0.388 e. The first-order valence-electron chi connectivity index (χ1n) is 7.79. The fraction of sp³-hybridized carbons (Fsp3) is 0.615. The average molecular weight is 452 g/mol. The van der Waals surface area contributed by atoms with Crippen molar-refractivity contribution in [1.29, 1.82) is 0 Å². The summed E-state index contributed by atoms with van der Waals surface area (Å²) in [5, 5.41) is 18.8. The Kier molecular flexibility index (Phi) is 5.21. The van der Waals surface area contributed by atoms with Gasteiger partial charge in [-0.1, -0.05) is 11.6 Å². The zero-order valence-corrected chi connectivity index (χ0v) is 14.7. The molecule has 9 nitrogen and oxygen atoms in total. The molecule has 1 fully saturated rings. The number of halogens is 7. The zero-order valence-electron chi connectivity index (χ0n) is 13.9. The summed E-state index contributed by atoms with van der Waals surface area (Å²) in [5.41, 5.74) is 2.80. The molecule has 0 spiro atoms. The molecule has 16 heteroatoms. The van der Waals surface area contributed by atoms with E-state index in [1.807, 2.05) is 0 Å². The van der Waals surface area contributed by atoms with Gasteiger partial charge in [-0.25, -0.2) is 9.36 Å². The van der Waals surface area contributed by atoms with E-state index in [-0.39, 0.29) is 4.57 Å². The number of nitrogens with zero attached hydrogens (tertiary/aromatic N) is 4. The van der Waals surface area contributed by atoms with Crippen molar-refractivity contribution in [2.75, 3.05) is 5.73 Å². The summed E-state index contributed by atoms with van der Waals surface area (Å²) < 4.78 is 82.4. The summed E-state index contributed by atoms with van der Waals surface area (Å²) >= 11 is 5.80. The molecule has 1 saturated heterocycles. The highest BCUT2D eigenvalue weighted by molar-refractivity contribution is 6.33. The number of aliphatic hydroxyl groups is 2. The van der Waals surface area contributed by atoms with Gasteiger partial charge in [-0.15, -0.1) is 0 Å². The first-order chi connectivity index (χ1) is 13.2. The summed E-state index contributed by atoms with van der Waals surface area (Å²) in [6, 6.07) is 0. The van der Waals surface area contributed by atoms with E-state index in [1.54, 1.807) is 0 Å². The molecule has 0 radical (unpaired) electrons. The SMILES string of the molecule is Nc1nc(Cl)c2c(n1)n([C@@H]1O[C@H]([C@@H](O)C(F)(F)F)C[C@H]1O)c(=O)n2CC(F)(F)F. The van der Waals surface area contributed by atoms with Crippen molar-refractivity contribution in [1.82, 2.24) is 19.1 Å². The predicted octanol–water partition coefficient (Wildman–Crippen LogP) is 0.962. The first kappa shape index (κ1) is 21.6. The van der Waals surface area contributed by atoms with Crippen LogP contribution in [0.15, 0.2) is 4.79 Å². The Hall–Kier alpha value is -2.10. The minimum atomic E-state index is -5.09. The van der Waals surface area contributed by atoms with Crippen molar-refractivity contribution in [2.45, 2.75) is 49.9 Å². The quantitative estimate of drug-likeness (QED) is 0.468. The smallest absolute Gasteiger partial charge is 0.388 e. The average Bonchev–Trinajstić information content (AvgIpc) is 3.03. The summed E-state index contributed by atoms with van der Waals surface area (Å²) in [7, 11) is 0. The Bertz CT molecular complexity index is 989. The van der Waals surface area contributed by atoms with Gasteiger partial charge in [0, 0.05) is 6.42 Å². The highest BCUT2D eigenvalue weighted by Crippen LogP contribution is 2.37. The van der Waals surface area contributed by atoms with Gasteiger partial charge >= 0.3 is 18.0 Å². The van der Waals surface area contributed by atoms with Crippen molar-refractivity contribution in [3.8, 4) is 0 Å². The second kappa shape index (κ2) is 7.00. The normalized spacial score (nSPS) is 24.4. The number of aliphatic hydroxyl groups excluding tert-OH is 2. The van der Waals surface area contributed by atoms with E-state index in [0.29, 0.717) is 4.57 Å². The fourth-order valence-corrected chi connectivity index (χ4v) is 3.30. The summed E-state index contributed by atoms with van der Waals surface area (Å²) in [4.78, 5) is 19.7. The first-order valence-corrected chi connectivity index (χ1v) is 8.17. The molecule has 3 rings (SSSR count). The summed E-state index contributed by atoms with van der Waals surface area (Å²) in [6.45, 7) is -1.82. The van der Waals surface area contributed by atoms with Crippen LogP contribution in [0.5, 0.6) is 0 Å². The van der Waals surface area contributed by atoms with E-state index < -0.39 is 77.8 Å². The van der Waals surface area contributed by atoms with Gasteiger partial charge in [-0.05, 0) is 0 Å². The lowest BCUT2D eigenvalue weighted by Crippen LogP contribution is -2.40. The number of aromatic nitrogens is 4. The summed E-state index contributed by atoms with van der Waals surface area (Å²) in [5.74, 6) is -0.542. The third kappa shape index (κ3) is 3.99. The monoisotopic (exact) mass is 451 g/mol. The molecule has 0 bridgehead atoms. The van der Waals surface area contributed by atoms with E-state index in [2.05, 4.69) is 9.97 Å². The molecular formula is C13H12ClF6N5O4. The number of nitrogen functional groups attached to an aromatic ring is 1. The van der Waals surface area contributed by atoms with E-state index in [4.69, 9.17) is 22.1 Å². The lowest BCUT2D eigenvalue weighted by Gasteiger charge is -2.21. The van der Waals surface area contributed by atoms with Crippen LogP contribution in [0.3, 0.4) is 0 Å². The maximum absolute atomic E-state index is 12.9. The third-order valence-corrected chi connectivity index (χ3v) is 4.44. The molecule has 3 heterocycles. The molecule has 2 aromatic heterocycles. The third-order valence-electron chi connectivity index (χ3n) is 4.17. The van der Waals surface area contributed by atoms with E-state index in [9.17, 15) is 41.4 Å². The van der Waals surface area contributed by atoms with Gasteiger partial charge in [0.1, 0.15) is 18.2 Å². The van der Waals surface area contributed by atoms with Crippen molar-refractivity contribution in [3.63, 3.8) is 0 Å². The van der Waals surface area contributed by atoms with E-state index >= 15 is 0 Å². The van der Waals surface area contributed by atoms with Crippen LogP contribution in [0.4, 0.5) is 32.3 Å². The van der Waals surface area contributed by atoms with Gasteiger partial charge in [0.2, 0.25) is 5.95 Å². The maximum Gasteiger partial charge on any atom is 0.416 e. The molecule has 29 heavy (non-hydrogen) atoms. The number of alkyl halides is 6. The Balaban J connectivity index is 2.15. The highest BCUT2D eigenvalue weighted by Gasteiger charge is 2.50. The predicted molar refractivity (Wildman–Crippen MR) is 83.9 cm³/mol. The van der Waals surface area contributed by atoms with Gasteiger partial charge in [0.05, 0.1) is 6.10 Å². The van der Waals surface area contributed by atoms with Crippen LogP contribution in [0, 0.1) is 0 Å². The molecule has 1 aliphatic heterocycles. The Labute approximate surface area is 161 Å². The number of hydrogen-bond acceptors (Lipinski definition) is 7. The van der Waals surface area contributed by atoms with Crippen LogP contribution in [-0.2, 0) is 11.3 Å². The van der Waals surface area contributed by atoms with Crippen molar-refractivity contribution >= 4 is 28.7 Å². The van der Waals surface area contributed by atoms with Crippen LogP contribution in [0.25, 0.3) is 11.2 Å². The van der Waals surface area contributed by atoms with Crippen LogP contribution in [-0.4, -0.2) is 60.0 Å². The molecule has 0 aliphatic carbocycles. The molecule has 1 aliphatic rings. The maximum atomic E-state index is 12.9. The van der Waals surface area contributed by atoms with E-state index in [1.165, 1.54) is 0 Å². The Morgan fingerprint density at radius 3 is 2.45 bits per heavy atom. The van der Waals surface area contributed by atoms with Gasteiger partial charge in [-0.3, -0.25) is 4.57 Å². The van der Waals surface area contributed by atoms with Crippen LogP contribution in [0.1, 0.15) is 12.6 Å². The number of rotatable bonds is 3. The molecule has 0 amide bonds. The van der Waals surface area contributed by atoms with Crippen LogP contribution in [0.2, 0.25) is 5.15 Å². The molecular weight excluding hydrogens is 440 g/mol. The fourth-order valence-electron chi connectivity index (χ4n) is 3.03. The van der Waals surface area contributed by atoms with E-state index in [0.717, 1.165) is 0 Å². The largest absolute Gasteiger partial charge is 0.416 e. The lowest BCUT2D eigenvalue weighted by molar-refractivity contribution is -0.237. The van der Waals surface area contributed by atoms with Crippen molar-refractivity contribution in [2.24, 2.45) is 0 Å². The number of fused-ring (bicyclic) bond motifs is 1. The van der Waals surface area contributed by atoms with Crippen molar-refractivity contribution in [3.05, 3.63) is 15.6 Å². The molecule has 0 aromatic carbocycles. The molecule has 4 N–H and O–H groups in total. The highest BCUT2D eigenvalue weighted by atomic mass is 35.5. The van der Waals surface area contributed by atoms with Gasteiger partial charge in [0.25, 0.3) is 0 Å². The van der Waals surface area contributed by atoms with Gasteiger partial charge < -0.3 is 20.7 Å². The number of ether oxygens (including phenoxy) is 1. The van der Waals surface area contributed by atoms with Crippen molar-refractivity contribution < 1.29 is 41.3 Å². The molecule has 0 saturated carbocycles. The summed E-state index contributed by atoms with van der Waals surface area (Å²) in [6.07, 6.45) is -19.4. The standard InChI is InChI=1S/C13H12ClF6N5O4/c14-7-5-8(23-10(21)22-7)25(11(28)24(5)2-12(15,16)17)9-3(26)1-4(29-9)6(27)13(18,19)20/h3-4,6,9,26-27H,1-2H2,(H2,21,22,23)/t3-,4+,6-,9-/m1/s1. The zero-order chi connectivity index (χ0) is 21.9. The van der Waals surface area contributed by atoms with Gasteiger partial charge in [0.15, 0.2) is 23.1 Å². The molecule has 0 unspecified atom stereocenters. The number of anilines is 1. The number of nitrogens with two attached hydrogens (primary N) is 1. The Morgan fingerprint density at radius 2 is 1.90 bits per heavy atom. The molecule has 4 atom stereocenters. The lowest BCUT2D eigenvalue weighted by atomic mass is 10.1. The molecule has 2 aromatic rings.